The van der Waals surface area contributed by atoms with Gasteiger partial charge in [0.05, 0.1) is 0 Å². The van der Waals surface area contributed by atoms with Crippen molar-refractivity contribution in [3.63, 3.8) is 0 Å². The summed E-state index contributed by atoms with van der Waals surface area (Å²) in [7, 11) is -1.44. The van der Waals surface area contributed by atoms with Gasteiger partial charge >= 0.3 is 0 Å². The molecule has 0 aliphatic carbocycles. The lowest BCUT2D eigenvalue weighted by Crippen LogP contribution is -2.48. The molecule has 0 spiro atoms. The number of hydrogen-bond acceptors (Lipinski definition) is 1. The zero-order valence-electron chi connectivity index (χ0n) is 9.57. The van der Waals surface area contributed by atoms with E-state index < -0.39 is 8.24 Å². The zero-order valence-corrected chi connectivity index (χ0v) is 10.6. The molecule has 0 aromatic rings. The van der Waals surface area contributed by atoms with Crippen molar-refractivity contribution in [2.45, 2.75) is 59.2 Å². The topological polar surface area (TPSA) is 26.0 Å². The molecular weight excluding hydrogens is 162 g/mol. The van der Waals surface area contributed by atoms with Gasteiger partial charge in [0.15, 0.2) is 0 Å². The Kier molecular flexibility index (Phi) is 3.98. The van der Waals surface area contributed by atoms with E-state index >= 15 is 0 Å². The summed E-state index contributed by atoms with van der Waals surface area (Å²) in [6, 6.07) is 0. The molecule has 0 rings (SSSR count). The van der Waals surface area contributed by atoms with E-state index in [1.165, 1.54) is 12.8 Å². The van der Waals surface area contributed by atoms with Gasteiger partial charge in [0.2, 0.25) is 0 Å². The third kappa shape index (κ3) is 3.72. The first-order valence-corrected chi connectivity index (χ1v) is 8.14. The van der Waals surface area contributed by atoms with E-state index in [2.05, 4.69) is 40.8 Å². The van der Waals surface area contributed by atoms with Crippen LogP contribution in [0.4, 0.5) is 0 Å². The Morgan fingerprint density at radius 1 is 1.25 bits per heavy atom. The second kappa shape index (κ2) is 3.92. The van der Waals surface area contributed by atoms with Crippen molar-refractivity contribution < 1.29 is 0 Å². The normalized spacial score (nSPS) is 16.2. The molecule has 0 fully saturated rings. The highest BCUT2D eigenvalue weighted by molar-refractivity contribution is 6.75. The minimum atomic E-state index is -1.44. The second-order valence-electron chi connectivity index (χ2n) is 5.53. The predicted molar refractivity (Wildman–Crippen MR) is 59.8 cm³/mol. The van der Waals surface area contributed by atoms with Crippen LogP contribution in [0.1, 0.15) is 40.5 Å². The average Bonchev–Trinajstić information content (AvgIpc) is 1.77. The van der Waals surface area contributed by atoms with Crippen molar-refractivity contribution in [3.8, 4) is 0 Å². The maximum Gasteiger partial charge on any atom is 0.120 e. The monoisotopic (exact) mass is 187 g/mol. The van der Waals surface area contributed by atoms with Gasteiger partial charge in [-0.25, -0.2) is 0 Å². The summed E-state index contributed by atoms with van der Waals surface area (Å²) in [4.78, 5) is 0. The average molecular weight is 187 g/mol. The van der Waals surface area contributed by atoms with Crippen LogP contribution in [0.25, 0.3) is 0 Å². The van der Waals surface area contributed by atoms with Crippen LogP contribution in [0.2, 0.25) is 18.6 Å². The standard InChI is InChI=1S/C10H25NSi/c1-7-8-9(10(2,3)4)12(5,6)11/h9H,7-8,11H2,1-6H3. The SMILES string of the molecule is CCCC(C(C)(C)C)[Si](C)(C)N. The molecule has 74 valence electrons. The van der Waals surface area contributed by atoms with Crippen LogP contribution in [-0.4, -0.2) is 8.24 Å². The van der Waals surface area contributed by atoms with Crippen molar-refractivity contribution in [2.24, 2.45) is 10.8 Å². The highest BCUT2D eigenvalue weighted by atomic mass is 28.3. The van der Waals surface area contributed by atoms with E-state index in [4.69, 9.17) is 5.40 Å². The largest absolute Gasteiger partial charge is 0.351 e. The van der Waals surface area contributed by atoms with Gasteiger partial charge < -0.3 is 5.40 Å². The first-order valence-electron chi connectivity index (χ1n) is 4.98. The summed E-state index contributed by atoms with van der Waals surface area (Å²) in [6.07, 6.45) is 2.55. The van der Waals surface area contributed by atoms with E-state index in [0.717, 1.165) is 5.54 Å². The van der Waals surface area contributed by atoms with Crippen LogP contribution < -0.4 is 5.40 Å². The van der Waals surface area contributed by atoms with E-state index in [-0.39, 0.29) is 0 Å². The summed E-state index contributed by atoms with van der Waals surface area (Å²) < 4.78 is 0. The van der Waals surface area contributed by atoms with Crippen molar-refractivity contribution in [1.29, 1.82) is 0 Å². The molecule has 2 heteroatoms. The Balaban J connectivity index is 4.45. The molecule has 0 amide bonds. The van der Waals surface area contributed by atoms with Crippen molar-refractivity contribution in [2.75, 3.05) is 0 Å². The van der Waals surface area contributed by atoms with E-state index in [1.54, 1.807) is 0 Å². The third-order valence-corrected chi connectivity index (χ3v) is 5.47. The molecular formula is C10H25NSi. The zero-order chi connectivity index (χ0) is 9.99. The predicted octanol–water partition coefficient (Wildman–Crippen LogP) is 3.37. The van der Waals surface area contributed by atoms with Gasteiger partial charge in [-0.3, -0.25) is 0 Å². The van der Waals surface area contributed by atoms with Gasteiger partial charge in [-0.1, -0.05) is 53.6 Å². The Bertz CT molecular complexity index is 116. The molecule has 0 aliphatic rings. The molecule has 0 heterocycles. The lowest BCUT2D eigenvalue weighted by molar-refractivity contribution is 0.352. The Morgan fingerprint density at radius 3 is 1.75 bits per heavy atom. The van der Waals surface area contributed by atoms with Crippen LogP contribution in [0.3, 0.4) is 0 Å². The lowest BCUT2D eigenvalue weighted by Gasteiger charge is -2.39. The summed E-state index contributed by atoms with van der Waals surface area (Å²) in [5, 5.41) is 6.29. The molecule has 2 N–H and O–H groups in total. The van der Waals surface area contributed by atoms with E-state index in [1.807, 2.05) is 0 Å². The molecule has 1 atom stereocenters. The highest BCUT2D eigenvalue weighted by Gasteiger charge is 2.35. The minimum Gasteiger partial charge on any atom is -0.351 e. The van der Waals surface area contributed by atoms with Crippen molar-refractivity contribution in [3.05, 3.63) is 0 Å². The van der Waals surface area contributed by atoms with Crippen LogP contribution in [0.15, 0.2) is 0 Å². The van der Waals surface area contributed by atoms with Crippen LogP contribution in [0, 0.1) is 5.41 Å². The first kappa shape index (κ1) is 12.2. The highest BCUT2D eigenvalue weighted by Crippen LogP contribution is 2.40. The Labute approximate surface area is 78.8 Å². The van der Waals surface area contributed by atoms with Gasteiger partial charge in [0.25, 0.3) is 0 Å². The number of hydrogen-bond donors (Lipinski definition) is 1. The molecule has 0 aromatic heterocycles. The fourth-order valence-corrected chi connectivity index (χ4v) is 5.47. The molecule has 0 aromatic carbocycles. The maximum absolute atomic E-state index is 6.29. The third-order valence-electron chi connectivity index (χ3n) is 2.52. The van der Waals surface area contributed by atoms with E-state index in [9.17, 15) is 0 Å². The molecule has 0 saturated carbocycles. The fourth-order valence-electron chi connectivity index (χ4n) is 2.21. The molecule has 1 nitrogen and oxygen atoms in total. The van der Waals surface area contributed by atoms with Crippen LogP contribution >= 0.6 is 0 Å². The number of rotatable bonds is 3. The van der Waals surface area contributed by atoms with Gasteiger partial charge in [0.1, 0.15) is 8.24 Å². The minimum absolute atomic E-state index is 0.389. The quantitative estimate of drug-likeness (QED) is 0.674. The van der Waals surface area contributed by atoms with Gasteiger partial charge in [-0.2, -0.15) is 0 Å². The second-order valence-corrected chi connectivity index (χ2v) is 9.87. The van der Waals surface area contributed by atoms with Gasteiger partial charge in [0, 0.05) is 0 Å². The molecule has 0 radical (unpaired) electrons. The lowest BCUT2D eigenvalue weighted by atomic mass is 9.89. The maximum atomic E-state index is 6.29. The van der Waals surface area contributed by atoms with Crippen molar-refractivity contribution in [1.82, 2.24) is 0 Å². The molecule has 12 heavy (non-hydrogen) atoms. The first-order chi connectivity index (χ1) is 5.19. The fraction of sp³-hybridized carbons (Fsp3) is 1.00. The summed E-state index contributed by atoms with van der Waals surface area (Å²) in [5.74, 6) is 0. The Morgan fingerprint density at radius 2 is 1.67 bits per heavy atom. The van der Waals surface area contributed by atoms with Crippen LogP contribution in [-0.2, 0) is 0 Å². The van der Waals surface area contributed by atoms with Crippen molar-refractivity contribution >= 4 is 8.24 Å². The Hall–Kier alpha value is 0.177. The van der Waals surface area contributed by atoms with E-state index in [0.29, 0.717) is 5.41 Å². The smallest absolute Gasteiger partial charge is 0.120 e. The van der Waals surface area contributed by atoms with Gasteiger partial charge in [-0.05, 0) is 11.0 Å². The molecule has 0 bridgehead atoms. The van der Waals surface area contributed by atoms with Crippen LogP contribution in [0.5, 0.6) is 0 Å². The molecule has 1 unspecified atom stereocenters. The molecule has 0 saturated heterocycles. The van der Waals surface area contributed by atoms with Gasteiger partial charge in [-0.15, -0.1) is 0 Å². The molecule has 0 aliphatic heterocycles. The summed E-state index contributed by atoms with van der Waals surface area (Å²) in [6.45, 7) is 13.7. The summed E-state index contributed by atoms with van der Waals surface area (Å²) in [5.41, 5.74) is 1.13. The summed E-state index contributed by atoms with van der Waals surface area (Å²) >= 11 is 0. The number of nitrogens with two attached hydrogens (primary N) is 1.